The minimum Gasteiger partial charge on any atom is -0.480 e. The number of rotatable bonds is 9. The van der Waals surface area contributed by atoms with Crippen molar-refractivity contribution in [3.05, 3.63) is 23.7 Å². The third kappa shape index (κ3) is 6.52. The molecule has 128 valence electrons. The van der Waals surface area contributed by atoms with Crippen LogP contribution in [0.25, 0.3) is 0 Å². The molecule has 0 saturated heterocycles. The Labute approximate surface area is 134 Å². The van der Waals surface area contributed by atoms with E-state index in [4.69, 9.17) is 14.3 Å². The van der Waals surface area contributed by atoms with Crippen LogP contribution in [-0.2, 0) is 20.9 Å². The molecule has 1 heterocycles. The molecule has 0 spiro atoms. The van der Waals surface area contributed by atoms with Crippen LogP contribution in [0.15, 0.2) is 16.5 Å². The lowest BCUT2D eigenvalue weighted by atomic mass is 10.0. The Balaban J connectivity index is 2.47. The van der Waals surface area contributed by atoms with Gasteiger partial charge in [0.05, 0.1) is 6.54 Å². The highest BCUT2D eigenvalue weighted by Crippen LogP contribution is 2.08. The van der Waals surface area contributed by atoms with E-state index in [9.17, 15) is 14.4 Å². The average Bonchev–Trinajstić information content (AvgIpc) is 2.92. The molecule has 0 aliphatic heterocycles. The Bertz CT molecular complexity index is 552. The monoisotopic (exact) mass is 326 g/mol. The molecule has 0 unspecified atom stereocenters. The lowest BCUT2D eigenvalue weighted by Gasteiger charge is -2.16. The zero-order valence-corrected chi connectivity index (χ0v) is 13.4. The van der Waals surface area contributed by atoms with Crippen molar-refractivity contribution in [3.63, 3.8) is 0 Å². The largest absolute Gasteiger partial charge is 0.480 e. The van der Waals surface area contributed by atoms with Crippen molar-refractivity contribution in [2.24, 2.45) is 5.92 Å². The van der Waals surface area contributed by atoms with E-state index in [0.717, 1.165) is 0 Å². The van der Waals surface area contributed by atoms with E-state index in [-0.39, 0.29) is 24.8 Å². The summed E-state index contributed by atoms with van der Waals surface area (Å²) >= 11 is 0. The van der Waals surface area contributed by atoms with Gasteiger partial charge in [-0.3, -0.25) is 9.59 Å². The number of amides is 2. The van der Waals surface area contributed by atoms with Gasteiger partial charge in [-0.05, 0) is 24.5 Å². The fraction of sp³-hybridized carbons (Fsp3) is 0.533. The van der Waals surface area contributed by atoms with E-state index in [1.165, 1.54) is 13.2 Å². The molecule has 3 N–H and O–H groups in total. The molecule has 0 aliphatic carbocycles. The van der Waals surface area contributed by atoms with E-state index in [0.29, 0.717) is 12.2 Å². The molecule has 1 rings (SSSR count). The molecular weight excluding hydrogens is 304 g/mol. The van der Waals surface area contributed by atoms with Crippen molar-refractivity contribution in [1.29, 1.82) is 0 Å². The Morgan fingerprint density at radius 2 is 2.00 bits per heavy atom. The Hall–Kier alpha value is -2.35. The van der Waals surface area contributed by atoms with Crippen molar-refractivity contribution < 1.29 is 28.6 Å². The normalized spacial score (nSPS) is 12.0. The third-order valence-electron chi connectivity index (χ3n) is 2.92. The number of methoxy groups -OCH3 is 1. The van der Waals surface area contributed by atoms with Crippen molar-refractivity contribution >= 4 is 17.8 Å². The van der Waals surface area contributed by atoms with Gasteiger partial charge in [-0.25, -0.2) is 4.79 Å². The van der Waals surface area contributed by atoms with Crippen molar-refractivity contribution in [1.82, 2.24) is 10.6 Å². The summed E-state index contributed by atoms with van der Waals surface area (Å²) in [6.07, 6.45) is 0.313. The van der Waals surface area contributed by atoms with Gasteiger partial charge in [0.25, 0.3) is 5.91 Å². The maximum absolute atomic E-state index is 11.8. The molecule has 0 bridgehead atoms. The number of ether oxygens (including phenoxy) is 1. The van der Waals surface area contributed by atoms with Gasteiger partial charge in [0.15, 0.2) is 5.76 Å². The van der Waals surface area contributed by atoms with Gasteiger partial charge in [0.1, 0.15) is 18.4 Å². The van der Waals surface area contributed by atoms with Crippen molar-refractivity contribution in [2.45, 2.75) is 32.9 Å². The van der Waals surface area contributed by atoms with Crippen LogP contribution in [-0.4, -0.2) is 42.6 Å². The van der Waals surface area contributed by atoms with E-state index < -0.39 is 23.8 Å². The summed E-state index contributed by atoms with van der Waals surface area (Å²) in [4.78, 5) is 34.6. The van der Waals surface area contributed by atoms with Crippen molar-refractivity contribution in [3.8, 4) is 0 Å². The molecule has 1 aromatic rings. The fourth-order valence-electron chi connectivity index (χ4n) is 1.91. The number of hydrogen-bond donors (Lipinski definition) is 3. The number of nitrogens with one attached hydrogen (secondary N) is 2. The van der Waals surface area contributed by atoms with Gasteiger partial charge in [-0.2, -0.15) is 0 Å². The SMILES string of the molecule is COCc1ccc(C(=O)NCC(=O)N[C@@H](CC(C)C)C(=O)O)o1. The number of carbonyl (C=O) groups excluding carboxylic acids is 2. The maximum atomic E-state index is 11.8. The second-order valence-corrected chi connectivity index (χ2v) is 5.47. The standard InChI is InChI=1S/C15H22N2O6/c1-9(2)6-11(15(20)21)17-13(18)7-16-14(19)12-5-4-10(23-12)8-22-3/h4-5,9,11H,6-8H2,1-3H3,(H,16,19)(H,17,18)(H,20,21)/t11-/m0/s1. The minimum atomic E-state index is -1.10. The Morgan fingerprint density at radius 3 is 2.57 bits per heavy atom. The molecule has 0 radical (unpaired) electrons. The molecule has 0 fully saturated rings. The zero-order chi connectivity index (χ0) is 17.4. The van der Waals surface area contributed by atoms with E-state index in [2.05, 4.69) is 10.6 Å². The van der Waals surface area contributed by atoms with Gasteiger partial charge in [-0.1, -0.05) is 13.8 Å². The molecular formula is C15H22N2O6. The summed E-state index contributed by atoms with van der Waals surface area (Å²) < 4.78 is 10.1. The van der Waals surface area contributed by atoms with Gasteiger partial charge < -0.3 is 24.9 Å². The molecule has 8 heteroatoms. The van der Waals surface area contributed by atoms with Crippen LogP contribution in [0.3, 0.4) is 0 Å². The molecule has 0 aliphatic rings. The highest BCUT2D eigenvalue weighted by molar-refractivity contribution is 5.94. The van der Waals surface area contributed by atoms with E-state index in [1.807, 2.05) is 13.8 Å². The lowest BCUT2D eigenvalue weighted by molar-refractivity contribution is -0.142. The Kier molecular flexibility index (Phi) is 7.27. The number of aliphatic carboxylic acids is 1. The first-order valence-electron chi connectivity index (χ1n) is 7.21. The molecule has 1 aromatic heterocycles. The van der Waals surface area contributed by atoms with Crippen LogP contribution in [0, 0.1) is 5.92 Å². The average molecular weight is 326 g/mol. The first-order valence-corrected chi connectivity index (χ1v) is 7.21. The smallest absolute Gasteiger partial charge is 0.326 e. The highest BCUT2D eigenvalue weighted by Gasteiger charge is 2.21. The predicted molar refractivity (Wildman–Crippen MR) is 80.8 cm³/mol. The van der Waals surface area contributed by atoms with Crippen LogP contribution >= 0.6 is 0 Å². The number of hydrogen-bond acceptors (Lipinski definition) is 5. The summed E-state index contributed by atoms with van der Waals surface area (Å²) in [6, 6.07) is 2.10. The summed E-state index contributed by atoms with van der Waals surface area (Å²) in [6.45, 7) is 3.63. The summed E-state index contributed by atoms with van der Waals surface area (Å²) in [5, 5.41) is 13.8. The number of carboxylic acids is 1. The van der Waals surface area contributed by atoms with Gasteiger partial charge in [-0.15, -0.1) is 0 Å². The highest BCUT2D eigenvalue weighted by atomic mass is 16.5. The lowest BCUT2D eigenvalue weighted by Crippen LogP contribution is -2.46. The summed E-state index contributed by atoms with van der Waals surface area (Å²) in [7, 11) is 1.50. The number of furan rings is 1. The first kappa shape index (κ1) is 18.7. The summed E-state index contributed by atoms with van der Waals surface area (Å²) in [5.74, 6) is -1.57. The second-order valence-electron chi connectivity index (χ2n) is 5.47. The third-order valence-corrected chi connectivity index (χ3v) is 2.92. The zero-order valence-electron chi connectivity index (χ0n) is 13.4. The number of carboxylic acid groups (broad SMARTS) is 1. The van der Waals surface area contributed by atoms with Crippen molar-refractivity contribution in [2.75, 3.05) is 13.7 Å². The van der Waals surface area contributed by atoms with Crippen LogP contribution in [0.2, 0.25) is 0 Å². The first-order chi connectivity index (χ1) is 10.8. The van der Waals surface area contributed by atoms with Crippen LogP contribution in [0.1, 0.15) is 36.6 Å². The topological polar surface area (TPSA) is 118 Å². The van der Waals surface area contributed by atoms with Crippen LogP contribution in [0.5, 0.6) is 0 Å². The molecule has 2 amide bonds. The van der Waals surface area contributed by atoms with Gasteiger partial charge >= 0.3 is 5.97 Å². The maximum Gasteiger partial charge on any atom is 0.326 e. The van der Waals surface area contributed by atoms with E-state index in [1.54, 1.807) is 6.07 Å². The van der Waals surface area contributed by atoms with E-state index >= 15 is 0 Å². The summed E-state index contributed by atoms with van der Waals surface area (Å²) in [5.41, 5.74) is 0. The predicted octanol–water partition coefficient (Wildman–Crippen LogP) is 0.771. The molecule has 23 heavy (non-hydrogen) atoms. The Morgan fingerprint density at radius 1 is 1.30 bits per heavy atom. The number of carbonyl (C=O) groups is 3. The fourth-order valence-corrected chi connectivity index (χ4v) is 1.91. The van der Waals surface area contributed by atoms with Crippen LogP contribution in [0.4, 0.5) is 0 Å². The van der Waals surface area contributed by atoms with Gasteiger partial charge in [0.2, 0.25) is 5.91 Å². The molecule has 0 aromatic carbocycles. The quantitative estimate of drug-likeness (QED) is 0.617. The molecule has 1 atom stereocenters. The minimum absolute atomic E-state index is 0.0572. The second kappa shape index (κ2) is 8.94. The molecule has 8 nitrogen and oxygen atoms in total. The van der Waals surface area contributed by atoms with Gasteiger partial charge in [0, 0.05) is 7.11 Å². The van der Waals surface area contributed by atoms with Crippen LogP contribution < -0.4 is 10.6 Å². The molecule has 0 saturated carbocycles.